The summed E-state index contributed by atoms with van der Waals surface area (Å²) in [6.45, 7) is 5.49. The van der Waals surface area contributed by atoms with Crippen LogP contribution in [-0.4, -0.2) is 27.2 Å². The topological polar surface area (TPSA) is 60.4 Å². The summed E-state index contributed by atoms with van der Waals surface area (Å²) in [5.74, 6) is -0.922. The Bertz CT molecular complexity index is 956. The Morgan fingerprint density at radius 1 is 1.38 bits per heavy atom. The van der Waals surface area contributed by atoms with E-state index in [2.05, 4.69) is 22.5 Å². The first-order valence-corrected chi connectivity index (χ1v) is 10.5. The van der Waals surface area contributed by atoms with Gasteiger partial charge < -0.3 is 4.74 Å². The molecule has 7 heteroatoms. The number of sulfone groups is 1. The van der Waals surface area contributed by atoms with E-state index in [-0.39, 0.29) is 16.0 Å². The fraction of sp³-hybridized carbons (Fsp3) is 0.211. The van der Waals surface area contributed by atoms with Gasteiger partial charge in [-0.15, -0.1) is 0 Å². The Balaban J connectivity index is 2.59. The van der Waals surface area contributed by atoms with Gasteiger partial charge in [-0.3, -0.25) is 0 Å². The molecular weight excluding hydrogens is 423 g/mol. The van der Waals surface area contributed by atoms with Crippen LogP contribution in [0.5, 0.6) is 0 Å². The largest absolute Gasteiger partial charge is 0.457 e. The van der Waals surface area contributed by atoms with Crippen molar-refractivity contribution in [1.29, 1.82) is 0 Å². The van der Waals surface area contributed by atoms with Crippen molar-refractivity contribution in [3.05, 3.63) is 74.9 Å². The maximum atomic E-state index is 13.5. The molecule has 0 amide bonds. The number of halogens is 2. The number of allylic oxidation sites excluding steroid dienone is 3. The summed E-state index contributed by atoms with van der Waals surface area (Å²) in [7, 11) is -3.39. The average molecular weight is 441 g/mol. The predicted octanol–water partition coefficient (Wildman–Crippen LogP) is 4.35. The Hall–Kier alpha value is -1.99. The number of carbonyl (C=O) groups is 1. The second kappa shape index (κ2) is 8.14. The average Bonchev–Trinajstić information content (AvgIpc) is 2.94. The van der Waals surface area contributed by atoms with Crippen molar-refractivity contribution >= 4 is 37.3 Å². The minimum atomic E-state index is -3.39. The first-order valence-electron chi connectivity index (χ1n) is 7.78. The number of hydrogen-bond acceptors (Lipinski definition) is 4. The summed E-state index contributed by atoms with van der Waals surface area (Å²) in [6.07, 6.45) is 6.02. The standard InChI is InChI=1S/C19H18BrFO4S/c1-4-12(6-8-14(5-2)26(3,23)24)15-11-25-19(22)18(15)13-7-9-17(21)16(20)10-13/h5-10H,2,4,11H2,1,3H3/b12-6+,14-8+. The molecule has 0 radical (unpaired) electrons. The van der Waals surface area contributed by atoms with E-state index >= 15 is 0 Å². The number of carbonyl (C=O) groups excluding carboxylic acids is 1. The van der Waals surface area contributed by atoms with Crippen LogP contribution < -0.4 is 0 Å². The van der Waals surface area contributed by atoms with E-state index in [4.69, 9.17) is 4.74 Å². The minimum absolute atomic E-state index is 0.0823. The van der Waals surface area contributed by atoms with Crippen molar-refractivity contribution < 1.29 is 22.3 Å². The molecule has 0 aliphatic carbocycles. The van der Waals surface area contributed by atoms with E-state index in [0.717, 1.165) is 11.8 Å². The van der Waals surface area contributed by atoms with Crippen molar-refractivity contribution in [1.82, 2.24) is 0 Å². The van der Waals surface area contributed by atoms with Crippen LogP contribution in [0.1, 0.15) is 18.9 Å². The van der Waals surface area contributed by atoms with E-state index in [1.165, 1.54) is 30.4 Å². The second-order valence-electron chi connectivity index (χ2n) is 5.65. The number of esters is 1. The number of hydrogen-bond donors (Lipinski definition) is 0. The number of cyclic esters (lactones) is 1. The lowest BCUT2D eigenvalue weighted by Gasteiger charge is -2.08. The lowest BCUT2D eigenvalue weighted by Crippen LogP contribution is -1.99. The molecular formula is C19H18BrFO4S. The summed E-state index contributed by atoms with van der Waals surface area (Å²) in [6, 6.07) is 4.30. The molecule has 138 valence electrons. The van der Waals surface area contributed by atoms with Crippen LogP contribution in [0.25, 0.3) is 5.57 Å². The minimum Gasteiger partial charge on any atom is -0.457 e. The molecule has 1 heterocycles. The van der Waals surface area contributed by atoms with Gasteiger partial charge in [0.25, 0.3) is 0 Å². The molecule has 1 aromatic rings. The van der Waals surface area contributed by atoms with Gasteiger partial charge in [0.1, 0.15) is 12.4 Å². The van der Waals surface area contributed by atoms with Crippen molar-refractivity contribution in [2.45, 2.75) is 13.3 Å². The zero-order chi connectivity index (χ0) is 19.5. The normalized spacial score (nSPS) is 16.1. The van der Waals surface area contributed by atoms with Crippen molar-refractivity contribution in [3.8, 4) is 0 Å². The number of rotatable bonds is 6. The van der Waals surface area contributed by atoms with E-state index in [0.29, 0.717) is 23.1 Å². The number of benzene rings is 1. The number of ether oxygens (including phenoxy) is 1. The van der Waals surface area contributed by atoms with Crippen LogP contribution >= 0.6 is 15.9 Å². The quantitative estimate of drug-likeness (QED) is 0.487. The van der Waals surface area contributed by atoms with Gasteiger partial charge in [-0.1, -0.05) is 31.7 Å². The van der Waals surface area contributed by atoms with Gasteiger partial charge in [-0.2, -0.15) is 0 Å². The van der Waals surface area contributed by atoms with Gasteiger partial charge in [-0.25, -0.2) is 17.6 Å². The molecule has 1 aromatic carbocycles. The van der Waals surface area contributed by atoms with Crippen molar-refractivity contribution in [2.24, 2.45) is 0 Å². The molecule has 0 aromatic heterocycles. The van der Waals surface area contributed by atoms with Crippen LogP contribution in [0.2, 0.25) is 0 Å². The second-order valence-corrected chi connectivity index (χ2v) is 8.52. The summed E-state index contributed by atoms with van der Waals surface area (Å²) in [5, 5.41) is 0. The molecule has 0 atom stereocenters. The Morgan fingerprint density at radius 3 is 2.62 bits per heavy atom. The zero-order valence-corrected chi connectivity index (χ0v) is 16.8. The van der Waals surface area contributed by atoms with E-state index in [1.54, 1.807) is 6.08 Å². The van der Waals surface area contributed by atoms with Gasteiger partial charge >= 0.3 is 5.97 Å². The summed E-state index contributed by atoms with van der Waals surface area (Å²) in [4.78, 5) is 12.3. The molecule has 1 aliphatic rings. The molecule has 0 spiro atoms. The molecule has 0 bridgehead atoms. The smallest absolute Gasteiger partial charge is 0.339 e. The van der Waals surface area contributed by atoms with Crippen LogP contribution in [0.15, 0.2) is 63.5 Å². The molecule has 0 saturated carbocycles. The molecule has 26 heavy (non-hydrogen) atoms. The molecule has 0 N–H and O–H groups in total. The third-order valence-electron chi connectivity index (χ3n) is 3.91. The van der Waals surface area contributed by atoms with Crippen LogP contribution in [0.3, 0.4) is 0 Å². The first kappa shape index (κ1) is 20.3. The van der Waals surface area contributed by atoms with Gasteiger partial charge in [0.2, 0.25) is 0 Å². The highest BCUT2D eigenvalue weighted by atomic mass is 79.9. The third kappa shape index (κ3) is 4.40. The fourth-order valence-electron chi connectivity index (χ4n) is 2.56. The highest BCUT2D eigenvalue weighted by molar-refractivity contribution is 9.10. The monoisotopic (exact) mass is 440 g/mol. The van der Waals surface area contributed by atoms with Crippen LogP contribution in [-0.2, 0) is 19.4 Å². The van der Waals surface area contributed by atoms with Gasteiger partial charge in [0.15, 0.2) is 9.84 Å². The Kier molecular flexibility index (Phi) is 6.36. The van der Waals surface area contributed by atoms with Crippen molar-refractivity contribution in [3.63, 3.8) is 0 Å². The van der Waals surface area contributed by atoms with Crippen LogP contribution in [0.4, 0.5) is 4.39 Å². The SMILES string of the molecule is C=C/C(=C\C=C(/CC)C1=C(c2ccc(F)c(Br)c2)C(=O)OC1)S(C)(=O)=O. The molecule has 2 rings (SSSR count). The van der Waals surface area contributed by atoms with Crippen LogP contribution in [0, 0.1) is 5.82 Å². The lowest BCUT2D eigenvalue weighted by molar-refractivity contribution is -0.134. The highest BCUT2D eigenvalue weighted by Crippen LogP contribution is 2.33. The van der Waals surface area contributed by atoms with Gasteiger partial charge in [0.05, 0.1) is 15.0 Å². The first-order chi connectivity index (χ1) is 12.2. The molecule has 0 fully saturated rings. The Labute approximate surface area is 160 Å². The predicted molar refractivity (Wildman–Crippen MR) is 103 cm³/mol. The summed E-state index contributed by atoms with van der Waals surface area (Å²) < 4.78 is 42.3. The van der Waals surface area contributed by atoms with E-state index in [1.807, 2.05) is 6.92 Å². The van der Waals surface area contributed by atoms with Crippen molar-refractivity contribution in [2.75, 3.05) is 12.9 Å². The van der Waals surface area contributed by atoms with E-state index < -0.39 is 21.6 Å². The maximum Gasteiger partial charge on any atom is 0.339 e. The molecule has 0 saturated heterocycles. The molecule has 1 aliphatic heterocycles. The molecule has 0 unspecified atom stereocenters. The van der Waals surface area contributed by atoms with Gasteiger partial charge in [0, 0.05) is 11.8 Å². The Morgan fingerprint density at radius 2 is 2.08 bits per heavy atom. The summed E-state index contributed by atoms with van der Waals surface area (Å²) in [5.41, 5.74) is 2.30. The fourth-order valence-corrected chi connectivity index (χ4v) is 3.56. The highest BCUT2D eigenvalue weighted by Gasteiger charge is 2.28. The lowest BCUT2D eigenvalue weighted by atomic mass is 9.95. The van der Waals surface area contributed by atoms with Gasteiger partial charge in [-0.05, 0) is 51.7 Å². The molecule has 4 nitrogen and oxygen atoms in total. The zero-order valence-electron chi connectivity index (χ0n) is 14.4. The third-order valence-corrected chi connectivity index (χ3v) is 5.68. The summed E-state index contributed by atoms with van der Waals surface area (Å²) >= 11 is 3.12. The maximum absolute atomic E-state index is 13.5. The van der Waals surface area contributed by atoms with E-state index in [9.17, 15) is 17.6 Å².